The van der Waals surface area contributed by atoms with Gasteiger partial charge in [0.05, 0.1) is 10.7 Å². The SMILES string of the molecule is Cc1nc(CCN(C)C[C@@H]2CCN(C)C2(C)C)cs1. The Hall–Kier alpha value is -0.450. The lowest BCUT2D eigenvalue weighted by Gasteiger charge is -2.35. The van der Waals surface area contributed by atoms with Crippen LogP contribution in [-0.4, -0.2) is 54.1 Å². The maximum absolute atomic E-state index is 4.54. The molecule has 0 saturated carbocycles. The van der Waals surface area contributed by atoms with Crippen molar-refractivity contribution in [3.05, 3.63) is 16.1 Å². The first-order valence-electron chi connectivity index (χ1n) is 7.20. The van der Waals surface area contributed by atoms with Crippen LogP contribution in [0, 0.1) is 12.8 Å². The van der Waals surface area contributed by atoms with Gasteiger partial charge >= 0.3 is 0 Å². The molecule has 0 N–H and O–H groups in total. The maximum Gasteiger partial charge on any atom is 0.0897 e. The molecule has 1 fully saturated rings. The molecular weight excluding hydrogens is 254 g/mol. The van der Waals surface area contributed by atoms with E-state index in [0.29, 0.717) is 5.54 Å². The molecular formula is C15H27N3S. The Morgan fingerprint density at radius 1 is 1.53 bits per heavy atom. The van der Waals surface area contributed by atoms with Gasteiger partial charge in [0, 0.05) is 30.4 Å². The van der Waals surface area contributed by atoms with Gasteiger partial charge in [-0.3, -0.25) is 0 Å². The van der Waals surface area contributed by atoms with E-state index in [1.54, 1.807) is 11.3 Å². The Morgan fingerprint density at radius 3 is 2.79 bits per heavy atom. The van der Waals surface area contributed by atoms with Crippen LogP contribution in [-0.2, 0) is 6.42 Å². The Labute approximate surface area is 121 Å². The van der Waals surface area contributed by atoms with Crippen molar-refractivity contribution in [1.82, 2.24) is 14.8 Å². The van der Waals surface area contributed by atoms with Crippen LogP contribution >= 0.6 is 11.3 Å². The summed E-state index contributed by atoms with van der Waals surface area (Å²) in [6, 6.07) is 0. The summed E-state index contributed by atoms with van der Waals surface area (Å²) in [6.45, 7) is 10.4. The number of rotatable bonds is 5. The molecule has 2 heterocycles. The third kappa shape index (κ3) is 3.56. The van der Waals surface area contributed by atoms with Crippen molar-refractivity contribution in [3.8, 4) is 0 Å². The molecule has 19 heavy (non-hydrogen) atoms. The molecule has 2 rings (SSSR count). The van der Waals surface area contributed by atoms with Crippen molar-refractivity contribution in [1.29, 1.82) is 0 Å². The Bertz CT molecular complexity index is 413. The summed E-state index contributed by atoms with van der Waals surface area (Å²) in [7, 11) is 4.49. The molecule has 0 spiro atoms. The molecule has 1 atom stereocenters. The highest BCUT2D eigenvalue weighted by atomic mass is 32.1. The molecule has 1 aromatic rings. The van der Waals surface area contributed by atoms with Gasteiger partial charge in [-0.15, -0.1) is 11.3 Å². The fraction of sp³-hybridized carbons (Fsp3) is 0.800. The van der Waals surface area contributed by atoms with Crippen molar-refractivity contribution in [2.45, 2.75) is 39.2 Å². The zero-order valence-corrected chi connectivity index (χ0v) is 13.8. The second kappa shape index (κ2) is 5.90. The molecule has 1 saturated heterocycles. The molecule has 0 bridgehead atoms. The molecule has 1 aliphatic rings. The third-order valence-electron chi connectivity index (χ3n) is 4.74. The molecule has 0 radical (unpaired) electrons. The van der Waals surface area contributed by atoms with Gasteiger partial charge in [-0.1, -0.05) is 0 Å². The summed E-state index contributed by atoms with van der Waals surface area (Å²) >= 11 is 1.75. The number of hydrogen-bond acceptors (Lipinski definition) is 4. The minimum Gasteiger partial charge on any atom is -0.306 e. The highest BCUT2D eigenvalue weighted by Gasteiger charge is 2.39. The lowest BCUT2D eigenvalue weighted by Crippen LogP contribution is -2.43. The van der Waals surface area contributed by atoms with Gasteiger partial charge in [0.25, 0.3) is 0 Å². The fourth-order valence-corrected chi connectivity index (χ4v) is 3.56. The van der Waals surface area contributed by atoms with E-state index in [9.17, 15) is 0 Å². The summed E-state index contributed by atoms with van der Waals surface area (Å²) in [5.74, 6) is 0.777. The molecule has 0 aliphatic carbocycles. The highest BCUT2D eigenvalue weighted by molar-refractivity contribution is 7.09. The van der Waals surface area contributed by atoms with E-state index in [-0.39, 0.29) is 0 Å². The topological polar surface area (TPSA) is 19.4 Å². The first kappa shape index (κ1) is 14.9. The average molecular weight is 281 g/mol. The predicted octanol–water partition coefficient (Wildman–Crippen LogP) is 2.66. The Morgan fingerprint density at radius 2 is 2.26 bits per heavy atom. The van der Waals surface area contributed by atoms with Crippen molar-refractivity contribution in [2.75, 3.05) is 33.7 Å². The van der Waals surface area contributed by atoms with Crippen molar-refractivity contribution in [3.63, 3.8) is 0 Å². The van der Waals surface area contributed by atoms with E-state index in [4.69, 9.17) is 0 Å². The van der Waals surface area contributed by atoms with Crippen molar-refractivity contribution < 1.29 is 0 Å². The van der Waals surface area contributed by atoms with Crippen LogP contribution in [0.15, 0.2) is 5.38 Å². The van der Waals surface area contributed by atoms with E-state index in [1.165, 1.54) is 30.2 Å². The molecule has 0 unspecified atom stereocenters. The van der Waals surface area contributed by atoms with E-state index < -0.39 is 0 Å². The van der Waals surface area contributed by atoms with Gasteiger partial charge in [-0.05, 0) is 53.8 Å². The third-order valence-corrected chi connectivity index (χ3v) is 5.57. The predicted molar refractivity (Wildman–Crippen MR) is 82.9 cm³/mol. The normalized spacial score (nSPS) is 23.4. The van der Waals surface area contributed by atoms with Gasteiger partial charge in [-0.25, -0.2) is 4.98 Å². The van der Waals surface area contributed by atoms with Gasteiger partial charge < -0.3 is 9.80 Å². The number of aryl methyl sites for hydroxylation is 1. The molecule has 3 nitrogen and oxygen atoms in total. The monoisotopic (exact) mass is 281 g/mol. The van der Waals surface area contributed by atoms with Crippen LogP contribution in [0.4, 0.5) is 0 Å². The maximum atomic E-state index is 4.54. The quantitative estimate of drug-likeness (QED) is 0.827. The molecule has 108 valence electrons. The second-order valence-corrected chi connectivity index (χ2v) is 7.49. The molecule has 0 aromatic carbocycles. The van der Waals surface area contributed by atoms with Gasteiger partial charge in [-0.2, -0.15) is 0 Å². The molecule has 0 amide bonds. The van der Waals surface area contributed by atoms with Crippen molar-refractivity contribution in [2.24, 2.45) is 5.92 Å². The minimum atomic E-state index is 0.339. The lowest BCUT2D eigenvalue weighted by atomic mass is 9.88. The number of nitrogens with zero attached hydrogens (tertiary/aromatic N) is 3. The van der Waals surface area contributed by atoms with Crippen LogP contribution in [0.3, 0.4) is 0 Å². The van der Waals surface area contributed by atoms with E-state index in [0.717, 1.165) is 18.9 Å². The van der Waals surface area contributed by atoms with Gasteiger partial charge in [0.15, 0.2) is 0 Å². The smallest absolute Gasteiger partial charge is 0.0897 e. The summed E-state index contributed by atoms with van der Waals surface area (Å²) < 4.78 is 0. The van der Waals surface area contributed by atoms with Crippen LogP contribution in [0.2, 0.25) is 0 Å². The number of likely N-dealkylation sites (tertiary alicyclic amines) is 1. The van der Waals surface area contributed by atoms with Gasteiger partial charge in [0.1, 0.15) is 0 Å². The fourth-order valence-electron chi connectivity index (χ4n) is 2.91. The van der Waals surface area contributed by atoms with Crippen LogP contribution in [0.1, 0.15) is 31.0 Å². The zero-order chi connectivity index (χ0) is 14.0. The van der Waals surface area contributed by atoms with E-state index in [2.05, 4.69) is 55.0 Å². The van der Waals surface area contributed by atoms with E-state index in [1.807, 2.05) is 0 Å². The largest absolute Gasteiger partial charge is 0.306 e. The number of likely N-dealkylation sites (N-methyl/N-ethyl adjacent to an activating group) is 1. The number of hydrogen-bond donors (Lipinski definition) is 0. The average Bonchev–Trinajstić information content (AvgIpc) is 2.86. The molecule has 4 heteroatoms. The molecule has 1 aromatic heterocycles. The van der Waals surface area contributed by atoms with Crippen LogP contribution in [0.25, 0.3) is 0 Å². The molecule has 1 aliphatic heterocycles. The minimum absolute atomic E-state index is 0.339. The van der Waals surface area contributed by atoms with Crippen LogP contribution in [0.5, 0.6) is 0 Å². The first-order valence-corrected chi connectivity index (χ1v) is 8.08. The summed E-state index contributed by atoms with van der Waals surface area (Å²) in [6.07, 6.45) is 2.40. The number of thiazole rings is 1. The Kier molecular flexibility index (Phi) is 4.64. The Balaban J connectivity index is 1.80. The van der Waals surface area contributed by atoms with Crippen LogP contribution < -0.4 is 0 Å². The van der Waals surface area contributed by atoms with Crippen molar-refractivity contribution >= 4 is 11.3 Å². The first-order chi connectivity index (χ1) is 8.89. The summed E-state index contributed by atoms with van der Waals surface area (Å²) in [4.78, 5) is 9.51. The zero-order valence-electron chi connectivity index (χ0n) is 12.9. The summed E-state index contributed by atoms with van der Waals surface area (Å²) in [5, 5.41) is 3.37. The lowest BCUT2D eigenvalue weighted by molar-refractivity contribution is 0.143. The number of aromatic nitrogens is 1. The second-order valence-electron chi connectivity index (χ2n) is 6.43. The van der Waals surface area contributed by atoms with Gasteiger partial charge in [0.2, 0.25) is 0 Å². The van der Waals surface area contributed by atoms with E-state index >= 15 is 0 Å². The summed E-state index contributed by atoms with van der Waals surface area (Å²) in [5.41, 5.74) is 1.59. The highest BCUT2D eigenvalue weighted by Crippen LogP contribution is 2.33. The standard InChI is InChI=1S/C15H27N3S/c1-12-16-14(11-19-12)7-8-17(4)10-13-6-9-18(5)15(13,2)3/h11,13H,6-10H2,1-5H3/t13-/m0/s1.